The summed E-state index contributed by atoms with van der Waals surface area (Å²) in [7, 11) is 0. The summed E-state index contributed by atoms with van der Waals surface area (Å²) < 4.78 is 6.44. The quantitative estimate of drug-likeness (QED) is 0.736. The standard InChI is InChI=1S/C10H16N2O3/c1-3-12-7-8(6-11-12)9(13)5-10(14)15-4-2/h6-7,9,13H,3-5H2,1-2H3. The number of aryl methyl sites for hydroxylation is 1. The monoisotopic (exact) mass is 212 g/mol. The van der Waals surface area contributed by atoms with Gasteiger partial charge in [0.25, 0.3) is 0 Å². The highest BCUT2D eigenvalue weighted by molar-refractivity contribution is 5.70. The summed E-state index contributed by atoms with van der Waals surface area (Å²) in [5, 5.41) is 13.7. The number of hydrogen-bond donors (Lipinski definition) is 1. The predicted molar refractivity (Wildman–Crippen MR) is 54.1 cm³/mol. The van der Waals surface area contributed by atoms with E-state index < -0.39 is 12.1 Å². The van der Waals surface area contributed by atoms with Crippen LogP contribution in [0.3, 0.4) is 0 Å². The van der Waals surface area contributed by atoms with Crippen molar-refractivity contribution in [3.63, 3.8) is 0 Å². The van der Waals surface area contributed by atoms with Crippen LogP contribution in [0.15, 0.2) is 12.4 Å². The van der Waals surface area contributed by atoms with Crippen LogP contribution in [0.2, 0.25) is 0 Å². The van der Waals surface area contributed by atoms with E-state index in [1.165, 1.54) is 0 Å². The van der Waals surface area contributed by atoms with Crippen LogP contribution in [0.25, 0.3) is 0 Å². The van der Waals surface area contributed by atoms with E-state index in [1.807, 2.05) is 6.92 Å². The number of carbonyl (C=O) groups excluding carboxylic acids is 1. The Hall–Kier alpha value is -1.36. The van der Waals surface area contributed by atoms with Crippen LogP contribution in [-0.2, 0) is 16.1 Å². The SMILES string of the molecule is CCOC(=O)CC(O)c1cnn(CC)c1. The summed E-state index contributed by atoms with van der Waals surface area (Å²) in [4.78, 5) is 11.1. The van der Waals surface area contributed by atoms with Gasteiger partial charge in [-0.3, -0.25) is 9.48 Å². The van der Waals surface area contributed by atoms with Gasteiger partial charge >= 0.3 is 5.97 Å². The van der Waals surface area contributed by atoms with E-state index in [0.717, 1.165) is 6.54 Å². The Morgan fingerprint density at radius 3 is 2.93 bits per heavy atom. The van der Waals surface area contributed by atoms with Crippen molar-refractivity contribution >= 4 is 5.97 Å². The molecule has 5 nitrogen and oxygen atoms in total. The van der Waals surface area contributed by atoms with Crippen molar-refractivity contribution in [2.45, 2.75) is 32.9 Å². The minimum Gasteiger partial charge on any atom is -0.466 e. The third-order valence-corrected chi connectivity index (χ3v) is 2.03. The Morgan fingerprint density at radius 1 is 1.67 bits per heavy atom. The zero-order chi connectivity index (χ0) is 11.3. The Labute approximate surface area is 88.7 Å². The second kappa shape index (κ2) is 5.50. The van der Waals surface area contributed by atoms with Gasteiger partial charge < -0.3 is 9.84 Å². The number of aromatic nitrogens is 2. The van der Waals surface area contributed by atoms with E-state index in [2.05, 4.69) is 5.10 Å². The molecule has 0 bridgehead atoms. The van der Waals surface area contributed by atoms with Crippen LogP contribution in [0.5, 0.6) is 0 Å². The molecule has 84 valence electrons. The zero-order valence-electron chi connectivity index (χ0n) is 9.01. The predicted octanol–water partition coefficient (Wildman–Crippen LogP) is 0.890. The van der Waals surface area contributed by atoms with Gasteiger partial charge in [0.05, 0.1) is 25.3 Å². The summed E-state index contributed by atoms with van der Waals surface area (Å²) in [6.45, 7) is 4.76. The fourth-order valence-corrected chi connectivity index (χ4v) is 1.22. The number of nitrogens with zero attached hydrogens (tertiary/aromatic N) is 2. The van der Waals surface area contributed by atoms with Crippen molar-refractivity contribution < 1.29 is 14.6 Å². The van der Waals surface area contributed by atoms with Crippen molar-refractivity contribution in [3.05, 3.63) is 18.0 Å². The second-order valence-corrected chi connectivity index (χ2v) is 3.15. The van der Waals surface area contributed by atoms with Crippen LogP contribution in [0.4, 0.5) is 0 Å². The molecule has 0 spiro atoms. The van der Waals surface area contributed by atoms with E-state index in [1.54, 1.807) is 24.0 Å². The molecule has 1 N–H and O–H groups in total. The molecular weight excluding hydrogens is 196 g/mol. The van der Waals surface area contributed by atoms with Gasteiger partial charge in [-0.25, -0.2) is 0 Å². The number of esters is 1. The lowest BCUT2D eigenvalue weighted by Crippen LogP contribution is -2.09. The molecule has 1 aromatic heterocycles. The van der Waals surface area contributed by atoms with Gasteiger partial charge in [0.15, 0.2) is 0 Å². The van der Waals surface area contributed by atoms with Gasteiger partial charge in [0, 0.05) is 18.3 Å². The average molecular weight is 212 g/mol. The van der Waals surface area contributed by atoms with Gasteiger partial charge in [-0.2, -0.15) is 5.10 Å². The summed E-state index contributed by atoms with van der Waals surface area (Å²) in [5.41, 5.74) is 0.643. The Bertz CT molecular complexity index is 322. The largest absolute Gasteiger partial charge is 0.466 e. The first-order valence-electron chi connectivity index (χ1n) is 5.03. The molecule has 1 unspecified atom stereocenters. The summed E-state index contributed by atoms with van der Waals surface area (Å²) in [6, 6.07) is 0. The minimum absolute atomic E-state index is 0.0246. The lowest BCUT2D eigenvalue weighted by atomic mass is 10.1. The van der Waals surface area contributed by atoms with E-state index >= 15 is 0 Å². The molecule has 0 fully saturated rings. The molecule has 0 saturated heterocycles. The first-order valence-corrected chi connectivity index (χ1v) is 5.03. The summed E-state index contributed by atoms with van der Waals surface area (Å²) in [5.74, 6) is -0.394. The molecule has 0 aromatic carbocycles. The second-order valence-electron chi connectivity index (χ2n) is 3.15. The Kier molecular flexibility index (Phi) is 4.30. The maximum absolute atomic E-state index is 11.1. The van der Waals surface area contributed by atoms with E-state index in [0.29, 0.717) is 12.2 Å². The van der Waals surface area contributed by atoms with Crippen LogP contribution in [0.1, 0.15) is 31.9 Å². The van der Waals surface area contributed by atoms with Crippen molar-refractivity contribution in [1.29, 1.82) is 0 Å². The molecule has 0 radical (unpaired) electrons. The number of ether oxygens (including phenoxy) is 1. The fraction of sp³-hybridized carbons (Fsp3) is 0.600. The van der Waals surface area contributed by atoms with Crippen LogP contribution in [-0.4, -0.2) is 27.5 Å². The fourth-order valence-electron chi connectivity index (χ4n) is 1.22. The molecule has 1 rings (SSSR count). The van der Waals surface area contributed by atoms with Crippen molar-refractivity contribution in [3.8, 4) is 0 Å². The average Bonchev–Trinajstić information content (AvgIpc) is 2.66. The highest BCUT2D eigenvalue weighted by Gasteiger charge is 2.15. The molecule has 1 heterocycles. The molecule has 0 aliphatic carbocycles. The summed E-state index contributed by atoms with van der Waals surface area (Å²) in [6.07, 6.45) is 2.44. The Morgan fingerprint density at radius 2 is 2.40 bits per heavy atom. The number of rotatable bonds is 5. The smallest absolute Gasteiger partial charge is 0.308 e. The number of aliphatic hydroxyl groups excluding tert-OH is 1. The van der Waals surface area contributed by atoms with E-state index in [4.69, 9.17) is 4.74 Å². The van der Waals surface area contributed by atoms with Gasteiger partial charge in [0.1, 0.15) is 0 Å². The normalized spacial score (nSPS) is 12.5. The zero-order valence-corrected chi connectivity index (χ0v) is 9.01. The third-order valence-electron chi connectivity index (χ3n) is 2.03. The molecule has 1 aromatic rings. The summed E-state index contributed by atoms with van der Waals surface area (Å²) >= 11 is 0. The first-order chi connectivity index (χ1) is 7.17. The van der Waals surface area contributed by atoms with Gasteiger partial charge in [-0.15, -0.1) is 0 Å². The van der Waals surface area contributed by atoms with E-state index in [-0.39, 0.29) is 6.42 Å². The molecule has 1 atom stereocenters. The first kappa shape index (κ1) is 11.7. The molecule has 0 amide bonds. The highest BCUT2D eigenvalue weighted by atomic mass is 16.5. The van der Waals surface area contributed by atoms with Crippen LogP contribution >= 0.6 is 0 Å². The molecule has 0 aliphatic heterocycles. The number of carbonyl (C=O) groups is 1. The highest BCUT2D eigenvalue weighted by Crippen LogP contribution is 2.16. The maximum Gasteiger partial charge on any atom is 0.308 e. The lowest BCUT2D eigenvalue weighted by Gasteiger charge is -2.06. The van der Waals surface area contributed by atoms with E-state index in [9.17, 15) is 9.90 Å². The van der Waals surface area contributed by atoms with Crippen molar-refractivity contribution in [1.82, 2.24) is 9.78 Å². The van der Waals surface area contributed by atoms with Gasteiger partial charge in [0.2, 0.25) is 0 Å². The third kappa shape index (κ3) is 3.36. The molecule has 0 aliphatic rings. The van der Waals surface area contributed by atoms with Gasteiger partial charge in [-0.1, -0.05) is 0 Å². The number of hydrogen-bond acceptors (Lipinski definition) is 4. The number of aliphatic hydroxyl groups is 1. The van der Waals surface area contributed by atoms with Crippen molar-refractivity contribution in [2.75, 3.05) is 6.61 Å². The lowest BCUT2D eigenvalue weighted by molar-refractivity contribution is -0.145. The Balaban J connectivity index is 2.52. The molecule has 0 saturated carbocycles. The van der Waals surface area contributed by atoms with Crippen LogP contribution in [0, 0.1) is 0 Å². The molecule has 15 heavy (non-hydrogen) atoms. The molecular formula is C10H16N2O3. The molecule has 5 heteroatoms. The topological polar surface area (TPSA) is 64.3 Å². The van der Waals surface area contributed by atoms with Crippen LogP contribution < -0.4 is 0 Å². The maximum atomic E-state index is 11.1. The van der Waals surface area contributed by atoms with Crippen molar-refractivity contribution in [2.24, 2.45) is 0 Å². The van der Waals surface area contributed by atoms with Gasteiger partial charge in [-0.05, 0) is 13.8 Å². The minimum atomic E-state index is -0.829.